The van der Waals surface area contributed by atoms with Crippen molar-refractivity contribution in [1.29, 1.82) is 0 Å². The van der Waals surface area contributed by atoms with E-state index in [1.54, 1.807) is 0 Å². The molecule has 5 heteroatoms. The number of hydrogen-bond acceptors (Lipinski definition) is 2. The molecular formula is C34H50N2NiO2. The molecule has 0 atom stereocenters. The summed E-state index contributed by atoms with van der Waals surface area (Å²) >= 11 is 0.942. The third-order valence-corrected chi connectivity index (χ3v) is 7.28. The van der Waals surface area contributed by atoms with E-state index in [9.17, 15) is 5.53 Å². The quantitative estimate of drug-likeness (QED) is 0.107. The van der Waals surface area contributed by atoms with E-state index in [0.29, 0.717) is 0 Å². The fourth-order valence-electron chi connectivity index (χ4n) is 4.37. The van der Waals surface area contributed by atoms with Crippen molar-refractivity contribution >= 4 is 11.4 Å². The van der Waals surface area contributed by atoms with Crippen molar-refractivity contribution < 1.29 is 27.5 Å². The number of unbranched alkanes of at least 4 members (excludes halogenated alkanes) is 4. The number of allylic oxidation sites excluding steroid dienone is 2. The minimum absolute atomic E-state index is 0.781. The second-order valence-corrected chi connectivity index (χ2v) is 10.8. The Balaban J connectivity index is 0.000000510. The Morgan fingerprint density at radius 3 is 2.00 bits per heavy atom. The topological polar surface area (TPSA) is 43.8 Å². The molecule has 2 aromatic carbocycles. The van der Waals surface area contributed by atoms with Gasteiger partial charge in [-0.2, -0.15) is 0 Å². The van der Waals surface area contributed by atoms with Crippen molar-refractivity contribution in [2.75, 3.05) is 13.2 Å². The van der Waals surface area contributed by atoms with Gasteiger partial charge >= 0.3 is 62.7 Å². The van der Waals surface area contributed by atoms with E-state index in [4.69, 9.17) is 7.76 Å². The molecule has 218 valence electrons. The first-order valence-electron chi connectivity index (χ1n) is 15.0. The van der Waals surface area contributed by atoms with Crippen LogP contribution in [-0.4, -0.2) is 17.9 Å². The molecule has 0 radical (unpaired) electrons. The molecule has 0 N–H and O–H groups in total. The average Bonchev–Trinajstić information content (AvgIpc) is 3.30. The van der Waals surface area contributed by atoms with Gasteiger partial charge in [0.1, 0.15) is 0 Å². The number of hydrogen-bond donors (Lipinski definition) is 0. The van der Waals surface area contributed by atoms with Gasteiger partial charge in [-0.1, -0.05) is 70.7 Å². The summed E-state index contributed by atoms with van der Waals surface area (Å²) in [5.74, 6) is 0. The van der Waals surface area contributed by atoms with Gasteiger partial charge in [-0.05, 0) is 67.5 Å². The van der Waals surface area contributed by atoms with Crippen LogP contribution in [-0.2, 0) is 35.7 Å². The third-order valence-electron chi connectivity index (χ3n) is 6.64. The van der Waals surface area contributed by atoms with E-state index in [1.807, 2.05) is 0 Å². The summed E-state index contributed by atoms with van der Waals surface area (Å²) in [6, 6.07) is 17.3. The summed E-state index contributed by atoms with van der Waals surface area (Å²) < 4.78 is 11.4. The normalized spacial score (nSPS) is 13.1. The van der Waals surface area contributed by atoms with Gasteiger partial charge in [0, 0.05) is 22.8 Å². The molecule has 0 amide bonds. The van der Waals surface area contributed by atoms with Crippen molar-refractivity contribution in [3.05, 3.63) is 88.0 Å². The zero-order valence-corrected chi connectivity index (χ0v) is 25.9. The maximum absolute atomic E-state index is 11.2. The van der Waals surface area contributed by atoms with Crippen LogP contribution in [0.5, 0.6) is 0 Å². The maximum atomic E-state index is 11.2. The van der Waals surface area contributed by atoms with Gasteiger partial charge in [0.2, 0.25) is 11.4 Å². The molecule has 1 aliphatic heterocycles. The fraction of sp³-hybridized carbons (Fsp3) is 0.529. The molecule has 0 saturated carbocycles. The molecule has 39 heavy (non-hydrogen) atoms. The van der Waals surface area contributed by atoms with Gasteiger partial charge in [-0.3, -0.25) is 0 Å². The van der Waals surface area contributed by atoms with Crippen molar-refractivity contribution in [1.82, 2.24) is 0 Å². The molecule has 0 aliphatic carbocycles. The van der Waals surface area contributed by atoms with Crippen LogP contribution in [0.25, 0.3) is 16.9 Å². The number of nitrogens with zero attached hydrogens (tertiary/aromatic N) is 2. The van der Waals surface area contributed by atoms with Gasteiger partial charge in [-0.15, -0.1) is 0 Å². The van der Waals surface area contributed by atoms with E-state index in [2.05, 4.69) is 89.2 Å². The third kappa shape index (κ3) is 11.5. The summed E-state index contributed by atoms with van der Waals surface area (Å²) in [6.07, 6.45) is 14.8. The first-order chi connectivity index (χ1) is 19.1. The van der Waals surface area contributed by atoms with Crippen LogP contribution in [0.1, 0.15) is 115 Å². The SMILES string of the molecule is CCCCCCC1=C(c2ccc(CCCC)cc2)[N+](=[N-])C(c2cccc(CC)c2)=C1.CCC[O][Ni][O]CCC. The zero-order valence-electron chi connectivity index (χ0n) is 24.9. The van der Waals surface area contributed by atoms with Crippen molar-refractivity contribution in [3.63, 3.8) is 0 Å². The summed E-state index contributed by atoms with van der Waals surface area (Å²) in [5.41, 5.74) is 19.1. The van der Waals surface area contributed by atoms with Gasteiger partial charge in [0.25, 0.3) is 0 Å². The van der Waals surface area contributed by atoms with E-state index in [-0.39, 0.29) is 0 Å². The Morgan fingerprint density at radius 2 is 1.38 bits per heavy atom. The Labute approximate surface area is 244 Å². The molecule has 2 aromatic rings. The number of aryl methyl sites for hydroxylation is 2. The Bertz CT molecular complexity index is 1040. The van der Waals surface area contributed by atoms with Gasteiger partial charge in [-0.25, -0.2) is 4.70 Å². The minimum atomic E-state index is 0.781. The molecular weight excluding hydrogens is 527 g/mol. The van der Waals surface area contributed by atoms with Crippen molar-refractivity contribution in [2.45, 2.75) is 105 Å². The Kier molecular flexibility index (Phi) is 16.9. The van der Waals surface area contributed by atoms with Crippen molar-refractivity contribution in [2.24, 2.45) is 0 Å². The fourth-order valence-corrected chi connectivity index (χ4v) is 5.02. The van der Waals surface area contributed by atoms with Crippen LogP contribution >= 0.6 is 0 Å². The molecule has 0 unspecified atom stereocenters. The zero-order chi connectivity index (χ0) is 28.3. The van der Waals surface area contributed by atoms with E-state index >= 15 is 0 Å². The summed E-state index contributed by atoms with van der Waals surface area (Å²) in [5, 5.41) is 0. The second-order valence-electron chi connectivity index (χ2n) is 10.0. The van der Waals surface area contributed by atoms with Crippen LogP contribution in [0.3, 0.4) is 0 Å². The van der Waals surface area contributed by atoms with Crippen LogP contribution in [0.15, 0.2) is 60.2 Å². The molecule has 3 rings (SSSR count). The van der Waals surface area contributed by atoms with Crippen molar-refractivity contribution in [3.8, 4) is 0 Å². The molecule has 0 aromatic heterocycles. The second kappa shape index (κ2) is 19.9. The average molecular weight is 577 g/mol. The molecule has 0 saturated heterocycles. The molecule has 1 aliphatic rings. The van der Waals surface area contributed by atoms with Gasteiger partial charge in [0.15, 0.2) is 0 Å². The van der Waals surface area contributed by atoms with Gasteiger partial charge < -0.3 is 5.53 Å². The van der Waals surface area contributed by atoms with E-state index < -0.39 is 0 Å². The van der Waals surface area contributed by atoms with Crippen LogP contribution in [0.4, 0.5) is 0 Å². The van der Waals surface area contributed by atoms with E-state index in [1.165, 1.54) is 53.5 Å². The first-order valence-corrected chi connectivity index (χ1v) is 15.9. The van der Waals surface area contributed by atoms with Crippen LogP contribution in [0.2, 0.25) is 0 Å². The number of benzene rings is 2. The van der Waals surface area contributed by atoms with Gasteiger partial charge in [0.05, 0.1) is 0 Å². The predicted octanol–water partition coefficient (Wildman–Crippen LogP) is 10.1. The monoisotopic (exact) mass is 576 g/mol. The molecule has 0 fully saturated rings. The van der Waals surface area contributed by atoms with E-state index in [0.717, 1.165) is 89.3 Å². The number of rotatable bonds is 17. The Hall–Kier alpha value is -2.07. The molecule has 0 bridgehead atoms. The first kappa shape index (κ1) is 33.1. The van der Waals surface area contributed by atoms with Crippen LogP contribution in [0, 0.1) is 0 Å². The standard InChI is InChI=1S/C28H36N2.2C3H7O.Ni/c1-4-7-9-10-14-26-21-27(25-15-11-13-22(6-3)20-25)30(29)28(26)24-18-16-23(17-19-24)12-8-5-2;2*1-2-3-4;/h11,13,15-21H,4-10,12,14H2,1-3H3;2*2-3H2,1H3;/q;2*-1;+2. The summed E-state index contributed by atoms with van der Waals surface area (Å²) in [7, 11) is 0. The predicted molar refractivity (Wildman–Crippen MR) is 161 cm³/mol. The Morgan fingerprint density at radius 1 is 0.692 bits per heavy atom. The summed E-state index contributed by atoms with van der Waals surface area (Å²) in [6.45, 7) is 12.4. The molecule has 1 heterocycles. The molecule has 4 nitrogen and oxygen atoms in total. The van der Waals surface area contributed by atoms with Crippen LogP contribution < -0.4 is 0 Å². The molecule has 0 spiro atoms. The summed E-state index contributed by atoms with van der Waals surface area (Å²) in [4.78, 5) is 0.